The molecule has 0 spiro atoms. The van der Waals surface area contributed by atoms with Gasteiger partial charge < -0.3 is 20.1 Å². The number of para-hydroxylation sites is 1. The molecule has 2 rings (SSSR count). The van der Waals surface area contributed by atoms with Gasteiger partial charge in [-0.1, -0.05) is 12.1 Å². The fourth-order valence-electron chi connectivity index (χ4n) is 2.30. The van der Waals surface area contributed by atoms with E-state index in [9.17, 15) is 9.59 Å². The van der Waals surface area contributed by atoms with Gasteiger partial charge in [0.25, 0.3) is 0 Å². The maximum atomic E-state index is 11.0. The molecule has 0 aliphatic carbocycles. The van der Waals surface area contributed by atoms with Crippen LogP contribution < -0.4 is 10.1 Å². The van der Waals surface area contributed by atoms with Crippen LogP contribution >= 0.6 is 0 Å². The predicted molar refractivity (Wildman–Crippen MR) is 82.9 cm³/mol. The maximum absolute atomic E-state index is 11.0. The van der Waals surface area contributed by atoms with Crippen LogP contribution in [0.3, 0.4) is 0 Å². The Kier molecular flexibility index (Phi) is 5.41. The summed E-state index contributed by atoms with van der Waals surface area (Å²) >= 11 is 0. The molecule has 1 amide bonds. The highest BCUT2D eigenvalue weighted by molar-refractivity contribution is 5.85. The SMILES string of the molecule is CC(=O)NC(CCCCOc1c[nH]c2ccccc12)C(=O)O. The number of carbonyl (C=O) groups is 2. The van der Waals surface area contributed by atoms with Crippen molar-refractivity contribution >= 4 is 22.8 Å². The first-order valence-corrected chi connectivity index (χ1v) is 7.26. The lowest BCUT2D eigenvalue weighted by Gasteiger charge is -2.12. The molecule has 1 unspecified atom stereocenters. The lowest BCUT2D eigenvalue weighted by atomic mass is 10.1. The van der Waals surface area contributed by atoms with Crippen LogP contribution in [0.2, 0.25) is 0 Å². The number of nitrogens with one attached hydrogen (secondary N) is 2. The van der Waals surface area contributed by atoms with E-state index < -0.39 is 12.0 Å². The zero-order chi connectivity index (χ0) is 15.9. The summed E-state index contributed by atoms with van der Waals surface area (Å²) in [5.74, 6) is -0.539. The van der Waals surface area contributed by atoms with Crippen LogP contribution in [-0.2, 0) is 9.59 Å². The number of rotatable bonds is 8. The molecule has 0 aliphatic rings. The summed E-state index contributed by atoms with van der Waals surface area (Å²) < 4.78 is 5.72. The van der Waals surface area contributed by atoms with Gasteiger partial charge in [-0.25, -0.2) is 4.79 Å². The second-order valence-corrected chi connectivity index (χ2v) is 5.13. The summed E-state index contributed by atoms with van der Waals surface area (Å²) in [7, 11) is 0. The number of aromatic amines is 1. The molecule has 22 heavy (non-hydrogen) atoms. The Morgan fingerprint density at radius 2 is 2.09 bits per heavy atom. The molecule has 1 aromatic heterocycles. The van der Waals surface area contributed by atoms with Gasteiger partial charge in [-0.2, -0.15) is 0 Å². The molecule has 6 heteroatoms. The smallest absolute Gasteiger partial charge is 0.326 e. The first kappa shape index (κ1) is 15.9. The van der Waals surface area contributed by atoms with E-state index in [1.807, 2.05) is 30.5 Å². The molecule has 3 N–H and O–H groups in total. The fourth-order valence-corrected chi connectivity index (χ4v) is 2.30. The van der Waals surface area contributed by atoms with Crippen LogP contribution in [0.4, 0.5) is 0 Å². The van der Waals surface area contributed by atoms with Gasteiger partial charge in [0, 0.05) is 24.0 Å². The number of hydrogen-bond donors (Lipinski definition) is 3. The van der Waals surface area contributed by atoms with Crippen LogP contribution in [0.5, 0.6) is 5.75 Å². The minimum atomic E-state index is -1.01. The highest BCUT2D eigenvalue weighted by Gasteiger charge is 2.17. The number of carbonyl (C=O) groups excluding carboxylic acids is 1. The molecular formula is C16H20N2O4. The monoisotopic (exact) mass is 304 g/mol. The van der Waals surface area contributed by atoms with Crippen molar-refractivity contribution in [1.82, 2.24) is 10.3 Å². The van der Waals surface area contributed by atoms with Crippen LogP contribution in [0.25, 0.3) is 10.9 Å². The van der Waals surface area contributed by atoms with E-state index in [0.717, 1.165) is 23.1 Å². The fraction of sp³-hybridized carbons (Fsp3) is 0.375. The van der Waals surface area contributed by atoms with E-state index in [4.69, 9.17) is 9.84 Å². The number of ether oxygens (including phenoxy) is 1. The summed E-state index contributed by atoms with van der Waals surface area (Å²) in [5.41, 5.74) is 1.02. The number of hydrogen-bond acceptors (Lipinski definition) is 3. The molecule has 0 aliphatic heterocycles. The standard InChI is InChI=1S/C16H20N2O4/c1-11(19)18-14(16(20)21)8-4-5-9-22-15-10-17-13-7-3-2-6-12(13)15/h2-3,6-7,10,14,17H,4-5,8-9H2,1H3,(H,18,19)(H,20,21). The van der Waals surface area contributed by atoms with Gasteiger partial charge in [-0.15, -0.1) is 0 Å². The third kappa shape index (κ3) is 4.25. The third-order valence-electron chi connectivity index (χ3n) is 3.37. The minimum Gasteiger partial charge on any atom is -0.491 e. The number of carboxylic acid groups (broad SMARTS) is 1. The molecule has 0 saturated heterocycles. The Bertz CT molecular complexity index is 650. The van der Waals surface area contributed by atoms with Crippen molar-refractivity contribution in [3.63, 3.8) is 0 Å². The van der Waals surface area contributed by atoms with Gasteiger partial charge in [-0.05, 0) is 31.4 Å². The molecule has 0 radical (unpaired) electrons. The lowest BCUT2D eigenvalue weighted by Crippen LogP contribution is -2.39. The summed E-state index contributed by atoms with van der Waals surface area (Å²) in [4.78, 5) is 25.0. The molecule has 0 fully saturated rings. The number of aromatic nitrogens is 1. The van der Waals surface area contributed by atoms with Crippen molar-refractivity contribution in [3.8, 4) is 5.75 Å². The molecule has 118 valence electrons. The zero-order valence-electron chi connectivity index (χ0n) is 12.5. The first-order valence-electron chi connectivity index (χ1n) is 7.26. The van der Waals surface area contributed by atoms with Crippen LogP contribution in [0.1, 0.15) is 26.2 Å². The van der Waals surface area contributed by atoms with Crippen molar-refractivity contribution in [2.24, 2.45) is 0 Å². The Labute approximate surface area is 128 Å². The minimum absolute atomic E-state index is 0.331. The van der Waals surface area contributed by atoms with Gasteiger partial charge in [-0.3, -0.25) is 4.79 Å². The molecule has 0 saturated carbocycles. The van der Waals surface area contributed by atoms with Crippen molar-refractivity contribution in [3.05, 3.63) is 30.5 Å². The number of aliphatic carboxylic acids is 1. The van der Waals surface area contributed by atoms with Crippen molar-refractivity contribution < 1.29 is 19.4 Å². The topological polar surface area (TPSA) is 91.4 Å². The van der Waals surface area contributed by atoms with Gasteiger partial charge in [0.15, 0.2) is 0 Å². The Balaban J connectivity index is 1.75. The van der Waals surface area contributed by atoms with Crippen LogP contribution in [-0.4, -0.2) is 34.6 Å². The molecule has 6 nitrogen and oxygen atoms in total. The second kappa shape index (κ2) is 7.49. The van der Waals surface area contributed by atoms with Gasteiger partial charge in [0.05, 0.1) is 6.61 Å². The molecule has 1 aromatic carbocycles. The van der Waals surface area contributed by atoms with E-state index in [2.05, 4.69) is 10.3 Å². The highest BCUT2D eigenvalue weighted by Crippen LogP contribution is 2.24. The van der Waals surface area contributed by atoms with E-state index in [1.54, 1.807) is 0 Å². The normalized spacial score (nSPS) is 12.0. The van der Waals surface area contributed by atoms with E-state index in [0.29, 0.717) is 19.4 Å². The number of amides is 1. The van der Waals surface area contributed by atoms with E-state index >= 15 is 0 Å². The molecule has 1 heterocycles. The van der Waals surface area contributed by atoms with Crippen molar-refractivity contribution in [2.45, 2.75) is 32.2 Å². The molecule has 1 atom stereocenters. The van der Waals surface area contributed by atoms with Gasteiger partial charge in [0.2, 0.25) is 5.91 Å². The van der Waals surface area contributed by atoms with Crippen molar-refractivity contribution in [2.75, 3.05) is 6.61 Å². The summed E-state index contributed by atoms with van der Waals surface area (Å²) in [6.45, 7) is 1.82. The van der Waals surface area contributed by atoms with Crippen molar-refractivity contribution in [1.29, 1.82) is 0 Å². The Morgan fingerprint density at radius 1 is 1.32 bits per heavy atom. The highest BCUT2D eigenvalue weighted by atomic mass is 16.5. The van der Waals surface area contributed by atoms with Crippen LogP contribution in [0, 0.1) is 0 Å². The summed E-state index contributed by atoms with van der Waals surface area (Å²) in [6.07, 6.45) is 3.61. The van der Waals surface area contributed by atoms with E-state index in [1.165, 1.54) is 6.92 Å². The molecule has 0 bridgehead atoms. The Hall–Kier alpha value is -2.50. The first-order chi connectivity index (χ1) is 10.6. The molecular weight excluding hydrogens is 284 g/mol. The predicted octanol–water partition coefficient (Wildman–Crippen LogP) is 2.31. The number of carboxylic acids is 1. The van der Waals surface area contributed by atoms with Gasteiger partial charge >= 0.3 is 5.97 Å². The zero-order valence-corrected chi connectivity index (χ0v) is 12.5. The summed E-state index contributed by atoms with van der Waals surface area (Å²) in [5, 5.41) is 12.5. The Morgan fingerprint density at radius 3 is 2.82 bits per heavy atom. The number of unbranched alkanes of at least 4 members (excludes halogenated alkanes) is 1. The number of H-pyrrole nitrogens is 1. The van der Waals surface area contributed by atoms with Crippen LogP contribution in [0.15, 0.2) is 30.5 Å². The average molecular weight is 304 g/mol. The number of benzene rings is 1. The largest absolute Gasteiger partial charge is 0.491 e. The lowest BCUT2D eigenvalue weighted by molar-refractivity contribution is -0.141. The number of fused-ring (bicyclic) bond motifs is 1. The maximum Gasteiger partial charge on any atom is 0.326 e. The molecule has 2 aromatic rings. The average Bonchev–Trinajstić information content (AvgIpc) is 2.88. The summed E-state index contributed by atoms with van der Waals surface area (Å²) in [6, 6.07) is 7.04. The van der Waals surface area contributed by atoms with Gasteiger partial charge in [0.1, 0.15) is 11.8 Å². The van der Waals surface area contributed by atoms with E-state index in [-0.39, 0.29) is 5.91 Å². The third-order valence-corrected chi connectivity index (χ3v) is 3.37. The second-order valence-electron chi connectivity index (χ2n) is 5.13. The quantitative estimate of drug-likeness (QED) is 0.653.